The molecule has 1 radical (unpaired) electrons. The highest BCUT2D eigenvalue weighted by Crippen LogP contribution is 2.43. The summed E-state index contributed by atoms with van der Waals surface area (Å²) in [4.78, 5) is 0. The van der Waals surface area contributed by atoms with Crippen LogP contribution in [0.5, 0.6) is 0 Å². The van der Waals surface area contributed by atoms with Crippen LogP contribution in [0.2, 0.25) is 19.1 Å². The minimum atomic E-state index is -1.36. The molecular weight excluding hydrogens is 256 g/mol. The SMILES string of the molecule is CC1=[C]C2=C(CCCC2)C1C[Si](C)(C)c1ccccc1. The topological polar surface area (TPSA) is 0 Å². The van der Waals surface area contributed by atoms with Crippen molar-refractivity contribution in [2.45, 2.75) is 51.7 Å². The highest BCUT2D eigenvalue weighted by Gasteiger charge is 2.34. The lowest BCUT2D eigenvalue weighted by Gasteiger charge is -2.30. The van der Waals surface area contributed by atoms with Crippen LogP contribution in [0.25, 0.3) is 0 Å². The second kappa shape index (κ2) is 5.36. The molecule has 0 amide bonds. The Bertz CT molecular complexity index is 548. The second-order valence-corrected chi connectivity index (χ2v) is 11.8. The maximum Gasteiger partial charge on any atom is 0.0815 e. The Morgan fingerprint density at radius 1 is 1.10 bits per heavy atom. The molecule has 1 aromatic carbocycles. The number of hydrogen-bond acceptors (Lipinski definition) is 0. The summed E-state index contributed by atoms with van der Waals surface area (Å²) < 4.78 is 0. The Hall–Kier alpha value is -1.08. The number of allylic oxidation sites excluding steroid dienone is 4. The summed E-state index contributed by atoms with van der Waals surface area (Å²) in [5.74, 6) is 0.701. The van der Waals surface area contributed by atoms with E-state index < -0.39 is 8.07 Å². The molecule has 0 fully saturated rings. The van der Waals surface area contributed by atoms with E-state index in [1.165, 1.54) is 37.3 Å². The van der Waals surface area contributed by atoms with Crippen LogP contribution in [0.1, 0.15) is 32.6 Å². The van der Waals surface area contributed by atoms with Gasteiger partial charge in [-0.25, -0.2) is 0 Å². The molecule has 1 aromatic rings. The smallest absolute Gasteiger partial charge is 0.0654 e. The molecule has 0 aromatic heterocycles. The fourth-order valence-electron chi connectivity index (χ4n) is 3.84. The van der Waals surface area contributed by atoms with Crippen molar-refractivity contribution in [3.63, 3.8) is 0 Å². The first-order valence-electron chi connectivity index (χ1n) is 7.96. The van der Waals surface area contributed by atoms with E-state index >= 15 is 0 Å². The van der Waals surface area contributed by atoms with Crippen LogP contribution >= 0.6 is 0 Å². The van der Waals surface area contributed by atoms with Crippen LogP contribution < -0.4 is 5.19 Å². The van der Waals surface area contributed by atoms with Crippen LogP contribution in [0, 0.1) is 12.0 Å². The van der Waals surface area contributed by atoms with Gasteiger partial charge in [-0.1, -0.05) is 59.8 Å². The maximum atomic E-state index is 3.70. The van der Waals surface area contributed by atoms with E-state index in [0.717, 1.165) is 0 Å². The van der Waals surface area contributed by atoms with Crippen molar-refractivity contribution < 1.29 is 0 Å². The standard InChI is InChI=1S/C19H25Si/c1-15-13-16-9-7-8-12-18(16)19(15)14-20(2,3)17-10-5-4-6-11-17/h4-6,10-11,19H,7-9,12,14H2,1-3H3. The third kappa shape index (κ3) is 2.56. The normalized spacial score (nSPS) is 22.8. The zero-order valence-corrected chi connectivity index (χ0v) is 14.0. The zero-order chi connectivity index (χ0) is 14.2. The highest BCUT2D eigenvalue weighted by molar-refractivity contribution is 6.89. The molecule has 1 atom stereocenters. The van der Waals surface area contributed by atoms with Crippen LogP contribution in [0.3, 0.4) is 0 Å². The monoisotopic (exact) mass is 281 g/mol. The van der Waals surface area contributed by atoms with Gasteiger partial charge in [0, 0.05) is 0 Å². The molecule has 0 spiro atoms. The van der Waals surface area contributed by atoms with Gasteiger partial charge in [0.15, 0.2) is 0 Å². The molecule has 0 heterocycles. The maximum absolute atomic E-state index is 3.70. The van der Waals surface area contributed by atoms with E-state index in [2.05, 4.69) is 56.4 Å². The van der Waals surface area contributed by atoms with Crippen molar-refractivity contribution in [1.82, 2.24) is 0 Å². The quantitative estimate of drug-likeness (QED) is 0.695. The van der Waals surface area contributed by atoms with Crippen LogP contribution in [-0.4, -0.2) is 8.07 Å². The highest BCUT2D eigenvalue weighted by atomic mass is 28.3. The molecule has 0 aliphatic heterocycles. The molecule has 1 heteroatoms. The first-order valence-corrected chi connectivity index (χ1v) is 11.2. The Morgan fingerprint density at radius 3 is 2.55 bits per heavy atom. The van der Waals surface area contributed by atoms with Gasteiger partial charge in [0.25, 0.3) is 0 Å². The molecular formula is C19H25Si. The molecule has 0 bridgehead atoms. The molecule has 0 N–H and O–H groups in total. The van der Waals surface area contributed by atoms with E-state index in [1.54, 1.807) is 16.3 Å². The van der Waals surface area contributed by atoms with Gasteiger partial charge in [-0.15, -0.1) is 0 Å². The van der Waals surface area contributed by atoms with E-state index in [0.29, 0.717) is 5.92 Å². The third-order valence-corrected chi connectivity index (χ3v) is 8.40. The molecule has 0 nitrogen and oxygen atoms in total. The van der Waals surface area contributed by atoms with Crippen molar-refractivity contribution in [2.24, 2.45) is 5.92 Å². The molecule has 20 heavy (non-hydrogen) atoms. The molecule has 2 aliphatic rings. The van der Waals surface area contributed by atoms with Gasteiger partial charge >= 0.3 is 0 Å². The minimum absolute atomic E-state index is 0.701. The van der Waals surface area contributed by atoms with Crippen LogP contribution in [0.15, 0.2) is 47.1 Å². The van der Waals surface area contributed by atoms with Gasteiger partial charge in [0.2, 0.25) is 0 Å². The van der Waals surface area contributed by atoms with Gasteiger partial charge in [-0.3, -0.25) is 0 Å². The largest absolute Gasteiger partial charge is 0.0815 e. The molecule has 0 saturated heterocycles. The third-order valence-electron chi connectivity index (χ3n) is 5.07. The summed E-state index contributed by atoms with van der Waals surface area (Å²) >= 11 is 0. The zero-order valence-electron chi connectivity index (χ0n) is 13.0. The fourth-order valence-corrected chi connectivity index (χ4v) is 6.74. The molecule has 2 aliphatic carbocycles. The summed E-state index contributed by atoms with van der Waals surface area (Å²) in [7, 11) is -1.36. The molecule has 105 valence electrons. The van der Waals surface area contributed by atoms with E-state index in [4.69, 9.17) is 0 Å². The van der Waals surface area contributed by atoms with E-state index in [9.17, 15) is 0 Å². The lowest BCUT2D eigenvalue weighted by atomic mass is 9.88. The Morgan fingerprint density at radius 2 is 1.80 bits per heavy atom. The van der Waals surface area contributed by atoms with Crippen molar-refractivity contribution in [3.05, 3.63) is 53.1 Å². The van der Waals surface area contributed by atoms with E-state index in [1.807, 2.05) is 0 Å². The average molecular weight is 281 g/mol. The second-order valence-electron chi connectivity index (χ2n) is 7.03. The minimum Gasteiger partial charge on any atom is -0.0654 e. The average Bonchev–Trinajstić information content (AvgIpc) is 2.76. The van der Waals surface area contributed by atoms with Gasteiger partial charge in [0.1, 0.15) is 0 Å². The lowest BCUT2D eigenvalue weighted by Crippen LogP contribution is -2.43. The predicted octanol–water partition coefficient (Wildman–Crippen LogP) is 4.85. The first-order chi connectivity index (χ1) is 9.58. The van der Waals surface area contributed by atoms with Crippen molar-refractivity contribution in [3.8, 4) is 0 Å². The summed E-state index contributed by atoms with van der Waals surface area (Å²) in [6.45, 7) is 7.35. The molecule has 1 unspecified atom stereocenters. The predicted molar refractivity (Wildman–Crippen MR) is 89.8 cm³/mol. The van der Waals surface area contributed by atoms with Gasteiger partial charge < -0.3 is 0 Å². The van der Waals surface area contributed by atoms with Crippen LogP contribution in [-0.2, 0) is 0 Å². The Kier molecular flexibility index (Phi) is 3.72. The number of hydrogen-bond donors (Lipinski definition) is 0. The molecule has 3 rings (SSSR count). The van der Waals surface area contributed by atoms with E-state index in [-0.39, 0.29) is 0 Å². The number of rotatable bonds is 3. The Balaban J connectivity index is 1.84. The van der Waals surface area contributed by atoms with Gasteiger partial charge in [-0.05, 0) is 56.2 Å². The summed E-state index contributed by atoms with van der Waals surface area (Å²) in [6, 6.07) is 12.5. The van der Waals surface area contributed by atoms with Gasteiger partial charge in [0.05, 0.1) is 8.07 Å². The van der Waals surface area contributed by atoms with Gasteiger partial charge in [-0.2, -0.15) is 0 Å². The van der Waals surface area contributed by atoms with Crippen molar-refractivity contribution >= 4 is 13.3 Å². The number of benzene rings is 1. The first kappa shape index (κ1) is 13.9. The van der Waals surface area contributed by atoms with Crippen LogP contribution in [0.4, 0.5) is 0 Å². The Labute approximate surface area is 124 Å². The summed E-state index contributed by atoms with van der Waals surface area (Å²) in [5.41, 5.74) is 4.82. The lowest BCUT2D eigenvalue weighted by molar-refractivity contribution is 0.633. The van der Waals surface area contributed by atoms with Crippen molar-refractivity contribution in [1.29, 1.82) is 0 Å². The summed E-state index contributed by atoms with van der Waals surface area (Å²) in [5, 5.41) is 1.60. The summed E-state index contributed by atoms with van der Waals surface area (Å²) in [6.07, 6.45) is 9.05. The van der Waals surface area contributed by atoms with Crippen molar-refractivity contribution in [2.75, 3.05) is 0 Å². The fraction of sp³-hybridized carbons (Fsp3) is 0.474. The molecule has 0 saturated carbocycles.